The van der Waals surface area contributed by atoms with Gasteiger partial charge < -0.3 is 0 Å². The molecule has 0 bridgehead atoms. The van der Waals surface area contributed by atoms with E-state index in [2.05, 4.69) is 57.4 Å². The van der Waals surface area contributed by atoms with E-state index in [9.17, 15) is 0 Å². The number of hydrogen-bond donors (Lipinski definition) is 1. The molecule has 0 atom stereocenters. The maximum atomic E-state index is 4.64. The van der Waals surface area contributed by atoms with E-state index < -0.39 is 0 Å². The molecule has 0 aliphatic carbocycles. The second kappa shape index (κ2) is 3.38. The topological polar surface area (TPSA) is 12.4 Å². The number of benzene rings is 1. The summed E-state index contributed by atoms with van der Waals surface area (Å²) in [5, 5.41) is 0. The fourth-order valence-corrected chi connectivity index (χ4v) is 2.62. The lowest BCUT2D eigenvalue weighted by atomic mass is 9.79. The molecular weight excluding hydrogens is 202 g/mol. The summed E-state index contributed by atoms with van der Waals surface area (Å²) in [6.07, 6.45) is 1.02. The highest BCUT2D eigenvalue weighted by atomic mass is 32.1. The molecular formula is C13H17NS. The molecule has 1 heterocycles. The van der Waals surface area contributed by atoms with Crippen molar-refractivity contribution < 1.29 is 0 Å². The molecule has 0 amide bonds. The van der Waals surface area contributed by atoms with Crippen LogP contribution in [0.1, 0.15) is 38.8 Å². The number of hydrogen-bond acceptors (Lipinski definition) is 2. The zero-order valence-corrected chi connectivity index (χ0v) is 10.7. The molecule has 0 spiro atoms. The minimum Gasteiger partial charge on any atom is -0.257 e. The zero-order chi connectivity index (χ0) is 11.2. The Morgan fingerprint density at radius 2 is 2.00 bits per heavy atom. The summed E-state index contributed by atoms with van der Waals surface area (Å²) in [7, 11) is 0. The van der Waals surface area contributed by atoms with Crippen LogP contribution in [0.3, 0.4) is 0 Å². The molecule has 1 aromatic rings. The quantitative estimate of drug-likeness (QED) is 0.687. The van der Waals surface area contributed by atoms with Gasteiger partial charge in [-0.15, -0.1) is 12.6 Å². The lowest BCUT2D eigenvalue weighted by Gasteiger charge is -2.23. The summed E-state index contributed by atoms with van der Waals surface area (Å²) in [6, 6.07) is 4.13. The summed E-state index contributed by atoms with van der Waals surface area (Å²) in [5.41, 5.74) is 5.12. The summed E-state index contributed by atoms with van der Waals surface area (Å²) in [6.45, 7) is 8.77. The smallest absolute Gasteiger partial charge is 0.0674 e. The van der Waals surface area contributed by atoms with E-state index in [1.807, 2.05) is 0 Å². The number of rotatable bonds is 1. The third kappa shape index (κ3) is 1.43. The molecule has 1 aromatic carbocycles. The Bertz CT molecular complexity index is 444. The lowest BCUT2D eigenvalue weighted by molar-refractivity contribution is 0.717. The Balaban J connectivity index is 2.73. The summed E-state index contributed by atoms with van der Waals surface area (Å²) >= 11 is 4.53. The monoisotopic (exact) mass is 219 g/mol. The van der Waals surface area contributed by atoms with Crippen LogP contribution in [0.5, 0.6) is 0 Å². The van der Waals surface area contributed by atoms with E-state index in [0.717, 1.165) is 17.0 Å². The molecule has 2 rings (SSSR count). The van der Waals surface area contributed by atoms with Crippen molar-refractivity contribution in [2.24, 2.45) is 4.99 Å². The molecule has 0 saturated heterocycles. The maximum Gasteiger partial charge on any atom is 0.0674 e. The fraction of sp³-hybridized carbons (Fsp3) is 0.462. The van der Waals surface area contributed by atoms with Crippen LogP contribution in [0.4, 0.5) is 5.69 Å². The van der Waals surface area contributed by atoms with Crippen LogP contribution in [0.25, 0.3) is 0 Å². The normalized spacial score (nSPS) is 17.5. The second-order valence-corrected chi connectivity index (χ2v) is 5.11. The molecule has 1 aliphatic heterocycles. The van der Waals surface area contributed by atoms with Gasteiger partial charge in [0.15, 0.2) is 0 Å². The largest absolute Gasteiger partial charge is 0.257 e. The minimum absolute atomic E-state index is 0.0689. The zero-order valence-electron chi connectivity index (χ0n) is 9.76. The van der Waals surface area contributed by atoms with Crippen LogP contribution in [0, 0.1) is 0 Å². The van der Waals surface area contributed by atoms with Crippen molar-refractivity contribution in [2.45, 2.75) is 44.4 Å². The second-order valence-electron chi connectivity index (χ2n) is 4.63. The van der Waals surface area contributed by atoms with Crippen LogP contribution in [-0.2, 0) is 11.8 Å². The van der Waals surface area contributed by atoms with E-state index in [0.29, 0.717) is 0 Å². The number of thiol groups is 1. The highest BCUT2D eigenvalue weighted by molar-refractivity contribution is 7.80. The van der Waals surface area contributed by atoms with Crippen LogP contribution in [-0.4, -0.2) is 5.71 Å². The van der Waals surface area contributed by atoms with E-state index in [-0.39, 0.29) is 5.41 Å². The van der Waals surface area contributed by atoms with Gasteiger partial charge in [-0.2, -0.15) is 0 Å². The van der Waals surface area contributed by atoms with Gasteiger partial charge in [-0.05, 0) is 36.6 Å². The Morgan fingerprint density at radius 1 is 1.33 bits per heavy atom. The molecule has 1 nitrogen and oxygen atoms in total. The van der Waals surface area contributed by atoms with Crippen molar-refractivity contribution in [3.63, 3.8) is 0 Å². The Hall–Kier alpha value is -0.760. The predicted octanol–water partition coefficient (Wildman–Crippen LogP) is 3.92. The first-order chi connectivity index (χ1) is 6.98. The maximum absolute atomic E-state index is 4.64. The Labute approximate surface area is 97.0 Å². The van der Waals surface area contributed by atoms with Gasteiger partial charge in [0.2, 0.25) is 0 Å². The molecule has 0 unspecified atom stereocenters. The molecule has 0 N–H and O–H groups in total. The SMILES string of the molecule is CCc1c(S)ccc2c1C(C)(C)C(C)=N2. The third-order valence-corrected chi connectivity index (χ3v) is 3.86. The van der Waals surface area contributed by atoms with E-state index >= 15 is 0 Å². The highest BCUT2D eigenvalue weighted by Gasteiger charge is 2.34. The van der Waals surface area contributed by atoms with Gasteiger partial charge in [-0.1, -0.05) is 20.8 Å². The van der Waals surface area contributed by atoms with Crippen LogP contribution < -0.4 is 0 Å². The van der Waals surface area contributed by atoms with Gasteiger partial charge >= 0.3 is 0 Å². The average molecular weight is 219 g/mol. The lowest BCUT2D eigenvalue weighted by Crippen LogP contribution is -2.24. The highest BCUT2D eigenvalue weighted by Crippen LogP contribution is 2.43. The fourth-order valence-electron chi connectivity index (χ4n) is 2.27. The first-order valence-electron chi connectivity index (χ1n) is 5.39. The minimum atomic E-state index is 0.0689. The molecule has 2 heteroatoms. The van der Waals surface area contributed by atoms with Crippen molar-refractivity contribution in [3.8, 4) is 0 Å². The Kier molecular flexibility index (Phi) is 2.42. The molecule has 0 radical (unpaired) electrons. The van der Waals surface area contributed by atoms with E-state index in [1.165, 1.54) is 16.8 Å². The van der Waals surface area contributed by atoms with Crippen molar-refractivity contribution in [2.75, 3.05) is 0 Å². The number of nitrogens with zero attached hydrogens (tertiary/aromatic N) is 1. The standard InChI is InChI=1S/C13H17NS/c1-5-9-11(15)7-6-10-12(9)13(3,4)8(2)14-10/h6-7,15H,5H2,1-4H3. The Morgan fingerprint density at radius 3 is 2.60 bits per heavy atom. The first kappa shape index (κ1) is 10.7. The van der Waals surface area contributed by atoms with Gasteiger partial charge in [0.25, 0.3) is 0 Å². The van der Waals surface area contributed by atoms with Crippen molar-refractivity contribution >= 4 is 24.0 Å². The molecule has 0 aromatic heterocycles. The molecule has 0 fully saturated rings. The molecule has 15 heavy (non-hydrogen) atoms. The van der Waals surface area contributed by atoms with Crippen LogP contribution >= 0.6 is 12.6 Å². The van der Waals surface area contributed by atoms with Gasteiger partial charge in [0.05, 0.1) is 5.69 Å². The van der Waals surface area contributed by atoms with Gasteiger partial charge in [-0.3, -0.25) is 4.99 Å². The van der Waals surface area contributed by atoms with Crippen molar-refractivity contribution in [1.82, 2.24) is 0 Å². The van der Waals surface area contributed by atoms with Crippen LogP contribution in [0.2, 0.25) is 0 Å². The molecule has 0 saturated carbocycles. The number of aliphatic imine (C=N–C) groups is 1. The van der Waals surface area contributed by atoms with Gasteiger partial charge in [0, 0.05) is 16.0 Å². The van der Waals surface area contributed by atoms with Crippen LogP contribution in [0.15, 0.2) is 22.0 Å². The first-order valence-corrected chi connectivity index (χ1v) is 5.84. The van der Waals surface area contributed by atoms with Crippen molar-refractivity contribution in [1.29, 1.82) is 0 Å². The predicted molar refractivity (Wildman–Crippen MR) is 68.9 cm³/mol. The van der Waals surface area contributed by atoms with E-state index in [1.54, 1.807) is 0 Å². The van der Waals surface area contributed by atoms with E-state index in [4.69, 9.17) is 0 Å². The number of fused-ring (bicyclic) bond motifs is 1. The van der Waals surface area contributed by atoms with Gasteiger partial charge in [-0.25, -0.2) is 0 Å². The molecule has 80 valence electrons. The van der Waals surface area contributed by atoms with Crippen molar-refractivity contribution in [3.05, 3.63) is 23.3 Å². The van der Waals surface area contributed by atoms with Gasteiger partial charge in [0.1, 0.15) is 0 Å². The molecule has 1 aliphatic rings. The summed E-state index contributed by atoms with van der Waals surface area (Å²) in [5.74, 6) is 0. The third-order valence-electron chi connectivity index (χ3n) is 3.44. The summed E-state index contributed by atoms with van der Waals surface area (Å²) in [4.78, 5) is 5.73. The average Bonchev–Trinajstić information content (AvgIpc) is 2.40. The summed E-state index contributed by atoms with van der Waals surface area (Å²) < 4.78 is 0.